The molecule has 0 amide bonds. The van der Waals surface area contributed by atoms with E-state index in [4.69, 9.17) is 9.47 Å². The fourth-order valence-corrected chi connectivity index (χ4v) is 5.37. The summed E-state index contributed by atoms with van der Waals surface area (Å²) in [6.07, 6.45) is 0. The predicted octanol–water partition coefficient (Wildman–Crippen LogP) is 8.61. The van der Waals surface area contributed by atoms with E-state index < -0.39 is 29.2 Å². The smallest absolute Gasteiger partial charge is 0.339 e. The molecule has 0 heterocycles. The molecule has 8 heteroatoms. The van der Waals surface area contributed by atoms with Gasteiger partial charge in [-0.1, -0.05) is 66.7 Å². The first-order valence-corrected chi connectivity index (χ1v) is 14.2. The van der Waals surface area contributed by atoms with Gasteiger partial charge in [0.2, 0.25) is 0 Å². The summed E-state index contributed by atoms with van der Waals surface area (Å²) in [5, 5.41) is 0. The lowest BCUT2D eigenvalue weighted by Gasteiger charge is -2.27. The van der Waals surface area contributed by atoms with Crippen molar-refractivity contribution in [3.63, 3.8) is 0 Å². The lowest BCUT2D eigenvalue weighted by molar-refractivity contribution is 0.00664. The maximum Gasteiger partial charge on any atom is 0.339 e. The quantitative estimate of drug-likeness (QED) is 0.144. The van der Waals surface area contributed by atoms with Crippen LogP contribution >= 0.6 is 11.9 Å². The summed E-state index contributed by atoms with van der Waals surface area (Å²) in [7, 11) is 0. The Bertz CT molecular complexity index is 1540. The van der Waals surface area contributed by atoms with E-state index in [0.717, 1.165) is 23.1 Å². The standard InChI is InChI=1S/C34H33F2NO4S/c1-22-28(33(39)41-34(3,4)5)23(2)30(36)31(29(22)35)37(20-24-13-8-6-9-14-24)42-27-18-12-17-26(19-27)32(38)40-21-25-15-10-7-11-16-25/h6-19H,20-21H2,1-5H3. The van der Waals surface area contributed by atoms with E-state index in [2.05, 4.69) is 0 Å². The molecule has 0 unspecified atom stereocenters. The van der Waals surface area contributed by atoms with Crippen molar-refractivity contribution in [1.29, 1.82) is 0 Å². The van der Waals surface area contributed by atoms with Crippen LogP contribution in [-0.2, 0) is 22.6 Å². The summed E-state index contributed by atoms with van der Waals surface area (Å²) in [4.78, 5) is 26.3. The molecule has 0 spiro atoms. The Labute approximate surface area is 249 Å². The Morgan fingerprint density at radius 3 is 1.93 bits per heavy atom. The lowest BCUT2D eigenvalue weighted by Crippen LogP contribution is -2.26. The predicted molar refractivity (Wildman–Crippen MR) is 161 cm³/mol. The fraction of sp³-hybridized carbons (Fsp3) is 0.235. The number of carbonyl (C=O) groups excluding carboxylic acids is 2. The number of hydrogen-bond donors (Lipinski definition) is 0. The molecule has 218 valence electrons. The molecule has 5 nitrogen and oxygen atoms in total. The second-order valence-electron chi connectivity index (χ2n) is 10.8. The first-order valence-electron chi connectivity index (χ1n) is 13.5. The van der Waals surface area contributed by atoms with Crippen LogP contribution in [0.3, 0.4) is 0 Å². The molecular formula is C34H33F2NO4S. The van der Waals surface area contributed by atoms with Gasteiger partial charge >= 0.3 is 11.9 Å². The molecule has 4 aromatic carbocycles. The molecule has 0 saturated carbocycles. The van der Waals surface area contributed by atoms with Gasteiger partial charge in [-0.25, -0.2) is 18.4 Å². The van der Waals surface area contributed by atoms with Crippen molar-refractivity contribution in [2.24, 2.45) is 0 Å². The minimum Gasteiger partial charge on any atom is -0.457 e. The Morgan fingerprint density at radius 2 is 1.36 bits per heavy atom. The van der Waals surface area contributed by atoms with Crippen LogP contribution in [0.5, 0.6) is 0 Å². The number of ether oxygens (including phenoxy) is 2. The molecule has 0 aromatic heterocycles. The highest BCUT2D eigenvalue weighted by atomic mass is 32.2. The van der Waals surface area contributed by atoms with Gasteiger partial charge in [-0.3, -0.25) is 0 Å². The molecule has 0 fully saturated rings. The summed E-state index contributed by atoms with van der Waals surface area (Å²) in [6, 6.07) is 25.3. The van der Waals surface area contributed by atoms with Crippen molar-refractivity contribution < 1.29 is 27.8 Å². The van der Waals surface area contributed by atoms with Crippen LogP contribution in [0.1, 0.15) is 63.7 Å². The third kappa shape index (κ3) is 7.56. The Balaban J connectivity index is 1.68. The molecule has 0 bridgehead atoms. The number of rotatable bonds is 9. The topological polar surface area (TPSA) is 55.8 Å². The summed E-state index contributed by atoms with van der Waals surface area (Å²) in [5.74, 6) is -3.02. The van der Waals surface area contributed by atoms with Crippen LogP contribution in [0.25, 0.3) is 0 Å². The van der Waals surface area contributed by atoms with E-state index in [1.165, 1.54) is 18.2 Å². The van der Waals surface area contributed by atoms with Gasteiger partial charge in [0.1, 0.15) is 17.9 Å². The first-order chi connectivity index (χ1) is 19.9. The first kappa shape index (κ1) is 30.8. The van der Waals surface area contributed by atoms with E-state index >= 15 is 8.78 Å². The van der Waals surface area contributed by atoms with Crippen LogP contribution in [-0.4, -0.2) is 17.5 Å². The second kappa shape index (κ2) is 13.2. The number of anilines is 1. The number of carbonyl (C=O) groups is 2. The highest BCUT2D eigenvalue weighted by molar-refractivity contribution is 8.00. The zero-order valence-corrected chi connectivity index (χ0v) is 25.1. The minimum absolute atomic E-state index is 0.00458. The summed E-state index contributed by atoms with van der Waals surface area (Å²) < 4.78 is 44.5. The maximum absolute atomic E-state index is 16.0. The van der Waals surface area contributed by atoms with E-state index in [1.54, 1.807) is 45.0 Å². The third-order valence-electron chi connectivity index (χ3n) is 6.34. The average molecular weight is 590 g/mol. The number of benzene rings is 4. The molecule has 0 N–H and O–H groups in total. The molecule has 0 aliphatic rings. The Morgan fingerprint density at radius 1 is 0.786 bits per heavy atom. The molecule has 42 heavy (non-hydrogen) atoms. The SMILES string of the molecule is Cc1c(F)c(N(Cc2ccccc2)Sc2cccc(C(=O)OCc3ccccc3)c2)c(F)c(C)c1C(=O)OC(C)(C)C. The van der Waals surface area contributed by atoms with Gasteiger partial charge < -0.3 is 13.8 Å². The van der Waals surface area contributed by atoms with Gasteiger partial charge in [0.25, 0.3) is 0 Å². The molecule has 4 rings (SSSR count). The maximum atomic E-state index is 16.0. The molecule has 4 aromatic rings. The van der Waals surface area contributed by atoms with Crippen molar-refractivity contribution in [2.45, 2.75) is 58.3 Å². The van der Waals surface area contributed by atoms with Crippen LogP contribution in [0, 0.1) is 25.5 Å². The molecule has 0 aliphatic carbocycles. The van der Waals surface area contributed by atoms with Crippen molar-refractivity contribution in [2.75, 3.05) is 4.31 Å². The van der Waals surface area contributed by atoms with Gasteiger partial charge in [0, 0.05) is 16.0 Å². The third-order valence-corrected chi connectivity index (χ3v) is 7.34. The zero-order valence-electron chi connectivity index (χ0n) is 24.2. The molecular weight excluding hydrogens is 556 g/mol. The number of esters is 2. The largest absolute Gasteiger partial charge is 0.457 e. The van der Waals surface area contributed by atoms with Crippen LogP contribution in [0.15, 0.2) is 89.8 Å². The molecule has 0 aliphatic heterocycles. The number of hydrogen-bond acceptors (Lipinski definition) is 6. The van der Waals surface area contributed by atoms with E-state index in [-0.39, 0.29) is 35.5 Å². The van der Waals surface area contributed by atoms with Crippen LogP contribution < -0.4 is 4.31 Å². The highest BCUT2D eigenvalue weighted by Crippen LogP contribution is 2.39. The summed E-state index contributed by atoms with van der Waals surface area (Å²) in [6.45, 7) is 8.24. The molecule has 0 atom stereocenters. The summed E-state index contributed by atoms with van der Waals surface area (Å²) >= 11 is 1.08. The average Bonchev–Trinajstić information content (AvgIpc) is 2.95. The van der Waals surface area contributed by atoms with Crippen molar-refractivity contribution in [3.8, 4) is 0 Å². The normalized spacial score (nSPS) is 11.2. The van der Waals surface area contributed by atoms with Crippen LogP contribution in [0.2, 0.25) is 0 Å². The minimum atomic E-state index is -0.860. The number of halogens is 2. The highest BCUT2D eigenvalue weighted by Gasteiger charge is 2.30. The number of nitrogens with zero attached hydrogens (tertiary/aromatic N) is 1. The van der Waals surface area contributed by atoms with Crippen molar-refractivity contribution in [1.82, 2.24) is 0 Å². The molecule has 0 radical (unpaired) electrons. The van der Waals surface area contributed by atoms with Crippen LogP contribution in [0.4, 0.5) is 14.5 Å². The van der Waals surface area contributed by atoms with Gasteiger partial charge in [0.15, 0.2) is 11.6 Å². The fourth-order valence-electron chi connectivity index (χ4n) is 4.33. The second-order valence-corrected chi connectivity index (χ2v) is 11.9. The van der Waals surface area contributed by atoms with E-state index in [9.17, 15) is 9.59 Å². The van der Waals surface area contributed by atoms with Gasteiger partial charge in [0.05, 0.1) is 17.7 Å². The summed E-state index contributed by atoms with van der Waals surface area (Å²) in [5.41, 5.74) is 0.726. The molecule has 0 saturated heterocycles. The Kier molecular flexibility index (Phi) is 9.68. The Hall–Kier alpha value is -4.17. The monoisotopic (exact) mass is 589 g/mol. The van der Waals surface area contributed by atoms with Gasteiger partial charge in [-0.05, 0) is 75.9 Å². The zero-order chi connectivity index (χ0) is 30.4. The van der Waals surface area contributed by atoms with Gasteiger partial charge in [-0.2, -0.15) is 0 Å². The van der Waals surface area contributed by atoms with Gasteiger partial charge in [-0.15, -0.1) is 0 Å². The van der Waals surface area contributed by atoms with Crippen molar-refractivity contribution >= 4 is 29.6 Å². The van der Waals surface area contributed by atoms with E-state index in [0.29, 0.717) is 10.5 Å². The van der Waals surface area contributed by atoms with E-state index in [1.807, 2.05) is 60.7 Å². The van der Waals surface area contributed by atoms with Crippen molar-refractivity contribution in [3.05, 3.63) is 130 Å². The lowest BCUT2D eigenvalue weighted by atomic mass is 9.99.